The van der Waals surface area contributed by atoms with Crippen molar-refractivity contribution in [3.63, 3.8) is 0 Å². The van der Waals surface area contributed by atoms with Crippen molar-refractivity contribution in [2.45, 2.75) is 57.5 Å². The summed E-state index contributed by atoms with van der Waals surface area (Å²) in [4.78, 5) is 13.8. The highest BCUT2D eigenvalue weighted by Gasteiger charge is 2.44. The first-order valence-corrected chi connectivity index (χ1v) is 6.84. The monoisotopic (exact) mass is 237 g/mol. The summed E-state index contributed by atoms with van der Waals surface area (Å²) < 4.78 is 5.24. The van der Waals surface area contributed by atoms with Gasteiger partial charge in [0.1, 0.15) is 6.61 Å². The Hall–Kier alpha value is -0.990. The van der Waals surface area contributed by atoms with E-state index in [0.717, 1.165) is 12.8 Å². The van der Waals surface area contributed by atoms with Crippen LogP contribution in [0.4, 0.5) is 4.79 Å². The summed E-state index contributed by atoms with van der Waals surface area (Å²) in [5.41, 5.74) is 0. The molecule has 0 aromatic rings. The van der Waals surface area contributed by atoms with Gasteiger partial charge in [-0.05, 0) is 31.6 Å². The summed E-state index contributed by atoms with van der Waals surface area (Å²) in [6.45, 7) is 6.60. The number of piperidine rings is 1. The first-order chi connectivity index (χ1) is 8.27. The highest BCUT2D eigenvalue weighted by Crippen LogP contribution is 2.36. The summed E-state index contributed by atoms with van der Waals surface area (Å²) in [5, 5.41) is 0. The van der Waals surface area contributed by atoms with Crippen LogP contribution >= 0.6 is 0 Å². The van der Waals surface area contributed by atoms with Crippen LogP contribution in [-0.2, 0) is 4.74 Å². The molecule has 2 aliphatic heterocycles. The summed E-state index contributed by atoms with van der Waals surface area (Å²) >= 11 is 0. The number of rotatable bonds is 5. The fraction of sp³-hybridized carbons (Fsp3) is 0.786. The molecule has 3 heteroatoms. The quantitative estimate of drug-likeness (QED) is 0.686. The van der Waals surface area contributed by atoms with Gasteiger partial charge in [-0.25, -0.2) is 4.79 Å². The van der Waals surface area contributed by atoms with E-state index < -0.39 is 0 Å². The minimum atomic E-state index is -0.108. The number of cyclic esters (lactones) is 1. The zero-order valence-electron chi connectivity index (χ0n) is 10.7. The lowest BCUT2D eigenvalue weighted by Gasteiger charge is -2.40. The van der Waals surface area contributed by atoms with Crippen LogP contribution in [0.2, 0.25) is 0 Å². The molecule has 0 radical (unpaired) electrons. The summed E-state index contributed by atoms with van der Waals surface area (Å²) in [5.74, 6) is 0.641. The Morgan fingerprint density at radius 2 is 2.35 bits per heavy atom. The molecule has 0 aliphatic carbocycles. The van der Waals surface area contributed by atoms with Gasteiger partial charge >= 0.3 is 6.09 Å². The second kappa shape index (κ2) is 5.56. The number of carbonyl (C=O) groups is 1. The van der Waals surface area contributed by atoms with Gasteiger partial charge in [0.15, 0.2) is 0 Å². The molecule has 0 saturated carbocycles. The van der Waals surface area contributed by atoms with Crippen LogP contribution in [0.1, 0.15) is 45.4 Å². The Morgan fingerprint density at radius 1 is 1.53 bits per heavy atom. The van der Waals surface area contributed by atoms with Crippen LogP contribution in [-0.4, -0.2) is 29.7 Å². The molecule has 96 valence electrons. The molecule has 2 aliphatic rings. The largest absolute Gasteiger partial charge is 0.447 e. The SMILES string of the molecule is C=CC[C@@H]1CC[C@@H](CCCC)[C@H]2COC(=O)N12. The number of carbonyl (C=O) groups excluding carboxylic acids is 1. The van der Waals surface area contributed by atoms with Gasteiger partial charge in [-0.3, -0.25) is 4.90 Å². The smallest absolute Gasteiger partial charge is 0.410 e. The van der Waals surface area contributed by atoms with Crippen LogP contribution in [0.5, 0.6) is 0 Å². The predicted octanol–water partition coefficient (Wildman–Crippen LogP) is 3.35. The van der Waals surface area contributed by atoms with E-state index in [1.165, 1.54) is 25.7 Å². The molecule has 3 atom stereocenters. The van der Waals surface area contributed by atoms with Gasteiger partial charge in [0, 0.05) is 6.04 Å². The molecule has 2 fully saturated rings. The Balaban J connectivity index is 2.03. The molecule has 1 amide bonds. The first kappa shape index (κ1) is 12.5. The average molecular weight is 237 g/mol. The summed E-state index contributed by atoms with van der Waals surface area (Å²) in [6.07, 6.45) is 8.76. The molecule has 2 heterocycles. The lowest BCUT2D eigenvalue weighted by molar-refractivity contribution is 0.0954. The zero-order chi connectivity index (χ0) is 12.3. The number of amides is 1. The van der Waals surface area contributed by atoms with E-state index in [4.69, 9.17) is 4.74 Å². The minimum Gasteiger partial charge on any atom is -0.447 e. The van der Waals surface area contributed by atoms with Gasteiger partial charge in [-0.15, -0.1) is 6.58 Å². The number of fused-ring (bicyclic) bond motifs is 1. The molecule has 2 saturated heterocycles. The molecule has 0 aromatic heterocycles. The molecule has 0 N–H and O–H groups in total. The van der Waals surface area contributed by atoms with Gasteiger partial charge in [-0.2, -0.15) is 0 Å². The van der Waals surface area contributed by atoms with E-state index in [1.54, 1.807) is 0 Å². The van der Waals surface area contributed by atoms with Crippen molar-refractivity contribution in [3.8, 4) is 0 Å². The molecular formula is C14H23NO2. The van der Waals surface area contributed by atoms with Gasteiger partial charge in [0.2, 0.25) is 0 Å². The molecular weight excluding hydrogens is 214 g/mol. The van der Waals surface area contributed by atoms with E-state index in [-0.39, 0.29) is 6.09 Å². The predicted molar refractivity (Wildman–Crippen MR) is 67.8 cm³/mol. The molecule has 3 nitrogen and oxygen atoms in total. The van der Waals surface area contributed by atoms with E-state index in [1.807, 2.05) is 11.0 Å². The molecule has 0 unspecified atom stereocenters. The van der Waals surface area contributed by atoms with Crippen molar-refractivity contribution in [1.29, 1.82) is 0 Å². The van der Waals surface area contributed by atoms with Gasteiger partial charge in [-0.1, -0.05) is 25.8 Å². The Bertz CT molecular complexity index is 290. The lowest BCUT2D eigenvalue weighted by atomic mass is 9.82. The summed E-state index contributed by atoms with van der Waals surface area (Å²) in [7, 11) is 0. The summed E-state index contributed by atoms with van der Waals surface area (Å²) in [6, 6.07) is 0.651. The number of unbranched alkanes of at least 4 members (excludes halogenated alkanes) is 1. The zero-order valence-corrected chi connectivity index (χ0v) is 10.7. The van der Waals surface area contributed by atoms with Crippen molar-refractivity contribution >= 4 is 6.09 Å². The maximum absolute atomic E-state index is 11.8. The van der Waals surface area contributed by atoms with Crippen LogP contribution in [0.3, 0.4) is 0 Å². The van der Waals surface area contributed by atoms with Crippen LogP contribution in [0.15, 0.2) is 12.7 Å². The second-order valence-electron chi connectivity index (χ2n) is 5.21. The maximum atomic E-state index is 11.8. The molecule has 0 bridgehead atoms. The molecule has 2 rings (SSSR count). The normalized spacial score (nSPS) is 32.2. The topological polar surface area (TPSA) is 29.5 Å². The third-order valence-corrected chi connectivity index (χ3v) is 4.12. The van der Waals surface area contributed by atoms with E-state index in [9.17, 15) is 4.79 Å². The molecule has 17 heavy (non-hydrogen) atoms. The van der Waals surface area contributed by atoms with Gasteiger partial charge in [0.25, 0.3) is 0 Å². The van der Waals surface area contributed by atoms with Gasteiger partial charge < -0.3 is 4.74 Å². The lowest BCUT2D eigenvalue weighted by Crippen LogP contribution is -2.49. The van der Waals surface area contributed by atoms with E-state index in [0.29, 0.717) is 24.6 Å². The van der Waals surface area contributed by atoms with Crippen molar-refractivity contribution in [1.82, 2.24) is 4.90 Å². The third kappa shape index (κ3) is 2.48. The van der Waals surface area contributed by atoms with Crippen LogP contribution < -0.4 is 0 Å². The van der Waals surface area contributed by atoms with Crippen molar-refractivity contribution in [3.05, 3.63) is 12.7 Å². The van der Waals surface area contributed by atoms with E-state index in [2.05, 4.69) is 13.5 Å². The molecule has 0 spiro atoms. The van der Waals surface area contributed by atoms with Crippen LogP contribution in [0.25, 0.3) is 0 Å². The fourth-order valence-electron chi connectivity index (χ4n) is 3.19. The number of hydrogen-bond donors (Lipinski definition) is 0. The van der Waals surface area contributed by atoms with Crippen molar-refractivity contribution in [2.75, 3.05) is 6.61 Å². The Labute approximate surface area is 104 Å². The van der Waals surface area contributed by atoms with Crippen molar-refractivity contribution in [2.24, 2.45) is 5.92 Å². The maximum Gasteiger partial charge on any atom is 0.410 e. The Kier molecular flexibility index (Phi) is 4.08. The Morgan fingerprint density at radius 3 is 3.06 bits per heavy atom. The van der Waals surface area contributed by atoms with Gasteiger partial charge in [0.05, 0.1) is 6.04 Å². The van der Waals surface area contributed by atoms with Crippen molar-refractivity contribution < 1.29 is 9.53 Å². The van der Waals surface area contributed by atoms with E-state index >= 15 is 0 Å². The average Bonchev–Trinajstić information content (AvgIpc) is 2.72. The standard InChI is InChI=1S/C14H23NO2/c1-3-5-7-11-8-9-12(6-4-2)15-13(11)10-17-14(15)16/h4,11-13H,2-3,5-10H2,1H3/t11-,12-,13-/m1/s1. The highest BCUT2D eigenvalue weighted by molar-refractivity contribution is 5.70. The second-order valence-corrected chi connectivity index (χ2v) is 5.21. The number of hydrogen-bond acceptors (Lipinski definition) is 2. The minimum absolute atomic E-state index is 0.108. The fourth-order valence-corrected chi connectivity index (χ4v) is 3.19. The highest BCUT2D eigenvalue weighted by atomic mass is 16.6. The van der Waals surface area contributed by atoms with Crippen LogP contribution in [0, 0.1) is 5.92 Å². The number of nitrogens with zero attached hydrogens (tertiary/aromatic N) is 1. The molecule has 0 aromatic carbocycles. The third-order valence-electron chi connectivity index (χ3n) is 4.12. The number of ether oxygens (including phenoxy) is 1. The first-order valence-electron chi connectivity index (χ1n) is 6.84.